The van der Waals surface area contributed by atoms with Gasteiger partial charge in [0.2, 0.25) is 0 Å². The van der Waals surface area contributed by atoms with Gasteiger partial charge < -0.3 is 0 Å². The van der Waals surface area contributed by atoms with Crippen LogP contribution in [0.4, 0.5) is 0 Å². The second-order valence-electron chi connectivity index (χ2n) is 2.60. The zero-order chi connectivity index (χ0) is 10.3. The molecule has 5 heteroatoms. The SMILES string of the molecule is c1cncnc1.c1ncc2sccc2n1. The molecule has 0 atom stereocenters. The first-order valence-corrected chi connectivity index (χ1v) is 5.18. The van der Waals surface area contributed by atoms with Crippen LogP contribution in [0.2, 0.25) is 0 Å². The van der Waals surface area contributed by atoms with E-state index < -0.39 is 0 Å². The molecule has 0 aliphatic heterocycles. The van der Waals surface area contributed by atoms with Crippen LogP contribution in [0.3, 0.4) is 0 Å². The lowest BCUT2D eigenvalue weighted by Crippen LogP contribution is -1.72. The van der Waals surface area contributed by atoms with Crippen molar-refractivity contribution in [2.24, 2.45) is 0 Å². The summed E-state index contributed by atoms with van der Waals surface area (Å²) in [6.45, 7) is 0. The molecule has 3 rings (SSSR count). The predicted octanol–water partition coefficient (Wildman–Crippen LogP) is 2.17. The maximum atomic E-state index is 4.04. The van der Waals surface area contributed by atoms with E-state index in [1.165, 1.54) is 6.33 Å². The van der Waals surface area contributed by atoms with Crippen molar-refractivity contribution >= 4 is 21.6 Å². The van der Waals surface area contributed by atoms with Gasteiger partial charge in [-0.3, -0.25) is 0 Å². The fourth-order valence-electron chi connectivity index (χ4n) is 0.967. The first kappa shape index (κ1) is 9.67. The van der Waals surface area contributed by atoms with Gasteiger partial charge in [-0.2, -0.15) is 0 Å². The summed E-state index contributed by atoms with van der Waals surface area (Å²) >= 11 is 1.66. The maximum Gasteiger partial charge on any atom is 0.116 e. The molecular formula is C10H8N4S. The van der Waals surface area contributed by atoms with Crippen LogP contribution in [0.25, 0.3) is 10.2 Å². The van der Waals surface area contributed by atoms with Crippen molar-refractivity contribution in [1.82, 2.24) is 19.9 Å². The van der Waals surface area contributed by atoms with Crippen molar-refractivity contribution in [3.63, 3.8) is 0 Å². The molecule has 0 aliphatic carbocycles. The predicted molar refractivity (Wildman–Crippen MR) is 59.4 cm³/mol. The van der Waals surface area contributed by atoms with Crippen LogP contribution < -0.4 is 0 Å². The van der Waals surface area contributed by atoms with E-state index in [9.17, 15) is 0 Å². The topological polar surface area (TPSA) is 51.6 Å². The van der Waals surface area contributed by atoms with Crippen molar-refractivity contribution in [3.05, 3.63) is 48.8 Å². The summed E-state index contributed by atoms with van der Waals surface area (Å²) in [6.07, 6.45) is 8.27. The molecule has 0 aromatic carbocycles. The monoisotopic (exact) mass is 216 g/mol. The number of thiophene rings is 1. The van der Waals surface area contributed by atoms with Gasteiger partial charge in [0.25, 0.3) is 0 Å². The van der Waals surface area contributed by atoms with Gasteiger partial charge >= 0.3 is 0 Å². The molecule has 0 N–H and O–H groups in total. The normalized spacial score (nSPS) is 9.33. The van der Waals surface area contributed by atoms with E-state index in [0.29, 0.717) is 0 Å². The van der Waals surface area contributed by atoms with Crippen molar-refractivity contribution in [1.29, 1.82) is 0 Å². The zero-order valence-electron chi connectivity index (χ0n) is 7.82. The third-order valence-corrected chi connectivity index (χ3v) is 2.45. The number of nitrogens with zero attached hydrogens (tertiary/aromatic N) is 4. The summed E-state index contributed by atoms with van der Waals surface area (Å²) in [7, 11) is 0. The highest BCUT2D eigenvalue weighted by Crippen LogP contribution is 2.15. The van der Waals surface area contributed by atoms with Gasteiger partial charge in [-0.05, 0) is 17.5 Å². The van der Waals surface area contributed by atoms with Gasteiger partial charge in [-0.15, -0.1) is 11.3 Å². The van der Waals surface area contributed by atoms with Crippen LogP contribution in [-0.4, -0.2) is 19.9 Å². The lowest BCUT2D eigenvalue weighted by Gasteiger charge is -1.81. The Bertz CT molecular complexity index is 452. The quantitative estimate of drug-likeness (QED) is 0.578. The highest BCUT2D eigenvalue weighted by molar-refractivity contribution is 7.17. The Morgan fingerprint density at radius 2 is 1.87 bits per heavy atom. The van der Waals surface area contributed by atoms with Crippen LogP contribution in [0.1, 0.15) is 0 Å². The molecule has 15 heavy (non-hydrogen) atoms. The second kappa shape index (κ2) is 5.11. The highest BCUT2D eigenvalue weighted by atomic mass is 32.1. The molecular weight excluding hydrogens is 208 g/mol. The Kier molecular flexibility index (Phi) is 3.30. The summed E-state index contributed by atoms with van der Waals surface area (Å²) in [5.41, 5.74) is 1.04. The number of aromatic nitrogens is 4. The molecule has 0 fully saturated rings. The van der Waals surface area contributed by atoms with Crippen molar-refractivity contribution in [2.75, 3.05) is 0 Å². The smallest absolute Gasteiger partial charge is 0.116 e. The minimum absolute atomic E-state index is 1.04. The summed E-state index contributed by atoms with van der Waals surface area (Å²) in [5.74, 6) is 0. The van der Waals surface area contributed by atoms with E-state index >= 15 is 0 Å². The van der Waals surface area contributed by atoms with Gasteiger partial charge in [0.05, 0.1) is 10.2 Å². The van der Waals surface area contributed by atoms with Crippen molar-refractivity contribution in [2.45, 2.75) is 0 Å². The average molecular weight is 216 g/mol. The van der Waals surface area contributed by atoms with E-state index in [4.69, 9.17) is 0 Å². The van der Waals surface area contributed by atoms with Crippen LogP contribution in [0.15, 0.2) is 48.8 Å². The summed E-state index contributed by atoms with van der Waals surface area (Å²) in [6, 6.07) is 3.77. The van der Waals surface area contributed by atoms with E-state index in [1.54, 1.807) is 36.1 Å². The van der Waals surface area contributed by atoms with Gasteiger partial charge in [-0.25, -0.2) is 19.9 Å². The second-order valence-corrected chi connectivity index (χ2v) is 3.54. The van der Waals surface area contributed by atoms with Gasteiger partial charge in [0.15, 0.2) is 0 Å². The molecule has 0 saturated carbocycles. The fraction of sp³-hybridized carbons (Fsp3) is 0. The molecule has 0 aliphatic rings. The molecule has 3 aromatic heterocycles. The summed E-state index contributed by atoms with van der Waals surface area (Å²) < 4.78 is 1.15. The summed E-state index contributed by atoms with van der Waals surface area (Å²) in [5, 5.41) is 2.01. The lowest BCUT2D eigenvalue weighted by molar-refractivity contribution is 1.17. The highest BCUT2D eigenvalue weighted by Gasteiger charge is 1.90. The number of hydrogen-bond donors (Lipinski definition) is 0. The van der Waals surface area contributed by atoms with Gasteiger partial charge in [-0.1, -0.05) is 0 Å². The first-order valence-electron chi connectivity index (χ1n) is 4.30. The zero-order valence-corrected chi connectivity index (χ0v) is 8.63. The van der Waals surface area contributed by atoms with Crippen LogP contribution in [0, 0.1) is 0 Å². The number of hydrogen-bond acceptors (Lipinski definition) is 5. The first-order chi connectivity index (χ1) is 7.47. The number of fused-ring (bicyclic) bond motifs is 1. The fourth-order valence-corrected chi connectivity index (χ4v) is 1.67. The average Bonchev–Trinajstić information content (AvgIpc) is 2.80. The minimum atomic E-state index is 1.04. The van der Waals surface area contributed by atoms with Crippen LogP contribution >= 0.6 is 11.3 Å². The van der Waals surface area contributed by atoms with Crippen LogP contribution in [-0.2, 0) is 0 Å². The molecule has 4 nitrogen and oxygen atoms in total. The third-order valence-electron chi connectivity index (χ3n) is 1.61. The molecule has 0 bridgehead atoms. The third kappa shape index (κ3) is 2.78. The summed E-state index contributed by atoms with van der Waals surface area (Å²) in [4.78, 5) is 15.3. The molecule has 0 spiro atoms. The molecule has 74 valence electrons. The van der Waals surface area contributed by atoms with Crippen LogP contribution in [0.5, 0.6) is 0 Å². The largest absolute Gasteiger partial charge is 0.245 e. The standard InChI is InChI=1S/C6H4N2S.C4H4N2/c1-2-9-6-3-7-4-8-5(1)6;1-2-5-4-6-3-1/h1-4H;1-4H. The molecule has 0 unspecified atom stereocenters. The van der Waals surface area contributed by atoms with E-state index in [2.05, 4.69) is 19.9 Å². The maximum absolute atomic E-state index is 4.04. The van der Waals surface area contributed by atoms with Gasteiger partial charge in [0, 0.05) is 18.6 Å². The molecule has 3 aromatic rings. The minimum Gasteiger partial charge on any atom is -0.245 e. The molecule has 0 saturated heterocycles. The molecule has 0 amide bonds. The van der Waals surface area contributed by atoms with Crippen molar-refractivity contribution < 1.29 is 0 Å². The van der Waals surface area contributed by atoms with E-state index in [-0.39, 0.29) is 0 Å². The Morgan fingerprint density at radius 1 is 1.00 bits per heavy atom. The van der Waals surface area contributed by atoms with Crippen molar-refractivity contribution in [3.8, 4) is 0 Å². The van der Waals surface area contributed by atoms with E-state index in [0.717, 1.165) is 10.2 Å². The van der Waals surface area contributed by atoms with E-state index in [1.807, 2.05) is 17.6 Å². The Hall–Kier alpha value is -1.88. The molecule has 3 heterocycles. The lowest BCUT2D eigenvalue weighted by atomic mass is 10.5. The number of rotatable bonds is 0. The Balaban J connectivity index is 0.000000124. The Morgan fingerprint density at radius 3 is 2.47 bits per heavy atom. The molecule has 0 radical (unpaired) electrons. The van der Waals surface area contributed by atoms with Gasteiger partial charge in [0.1, 0.15) is 12.7 Å². The Labute approximate surface area is 90.7 Å².